The lowest BCUT2D eigenvalue weighted by molar-refractivity contribution is -0.385. The van der Waals surface area contributed by atoms with Gasteiger partial charge in [-0.15, -0.1) is 0 Å². The molecule has 5 rings (SSSR count). The van der Waals surface area contributed by atoms with Gasteiger partial charge in [-0.25, -0.2) is 4.98 Å². The minimum absolute atomic E-state index is 0.148. The number of hydrogen-bond acceptors (Lipinski definition) is 6. The maximum absolute atomic E-state index is 13.4. The van der Waals surface area contributed by atoms with Crippen LogP contribution < -0.4 is 10.3 Å². The molecule has 1 aliphatic carbocycles. The molecular formula is C29H28N4O4. The third-order valence-corrected chi connectivity index (χ3v) is 6.77. The van der Waals surface area contributed by atoms with Crippen LogP contribution in [0.3, 0.4) is 0 Å². The molecule has 1 fully saturated rings. The first-order valence-corrected chi connectivity index (χ1v) is 12.5. The Morgan fingerprint density at radius 1 is 1.08 bits per heavy atom. The monoisotopic (exact) mass is 496 g/mol. The number of hydrogen-bond donors (Lipinski definition) is 0. The highest BCUT2D eigenvalue weighted by Gasteiger charge is 2.22. The summed E-state index contributed by atoms with van der Waals surface area (Å²) in [5.41, 5.74) is 2.80. The zero-order valence-electron chi connectivity index (χ0n) is 20.7. The van der Waals surface area contributed by atoms with Crippen molar-refractivity contribution in [3.63, 3.8) is 0 Å². The second-order valence-electron chi connectivity index (χ2n) is 9.44. The molecule has 1 aliphatic rings. The van der Waals surface area contributed by atoms with Crippen LogP contribution in [-0.2, 0) is 6.61 Å². The fourth-order valence-corrected chi connectivity index (χ4v) is 4.73. The molecule has 1 saturated carbocycles. The van der Waals surface area contributed by atoms with E-state index < -0.39 is 4.92 Å². The average molecular weight is 497 g/mol. The van der Waals surface area contributed by atoms with Crippen molar-refractivity contribution in [3.8, 4) is 5.75 Å². The summed E-state index contributed by atoms with van der Waals surface area (Å²) >= 11 is 0. The molecule has 188 valence electrons. The van der Waals surface area contributed by atoms with E-state index >= 15 is 0 Å². The van der Waals surface area contributed by atoms with E-state index in [0.29, 0.717) is 22.3 Å². The van der Waals surface area contributed by atoms with Gasteiger partial charge in [0.1, 0.15) is 12.4 Å². The topological polar surface area (TPSA) is 99.6 Å². The van der Waals surface area contributed by atoms with Crippen molar-refractivity contribution in [3.05, 3.63) is 110 Å². The van der Waals surface area contributed by atoms with E-state index in [1.54, 1.807) is 24.3 Å². The standard InChI is InChI=1S/C29H28N4O4/c1-20-11-13-21(14-12-20)19-37-27-16-15-22(17-26(27)33(35)36)18-30-32-28(23-7-3-2-4-8-23)31-25-10-6-5-9-24(25)29(32)34/h5-6,9-18,23H,2-4,7-8,19H2,1H3. The smallest absolute Gasteiger partial charge is 0.311 e. The molecule has 0 radical (unpaired) electrons. The van der Waals surface area contributed by atoms with E-state index in [1.807, 2.05) is 43.3 Å². The van der Waals surface area contributed by atoms with Gasteiger partial charge < -0.3 is 4.74 Å². The summed E-state index contributed by atoms with van der Waals surface area (Å²) in [4.78, 5) is 29.5. The van der Waals surface area contributed by atoms with Gasteiger partial charge in [0.15, 0.2) is 5.75 Å². The van der Waals surface area contributed by atoms with Crippen molar-refractivity contribution in [2.45, 2.75) is 51.6 Å². The van der Waals surface area contributed by atoms with Crippen molar-refractivity contribution in [1.29, 1.82) is 0 Å². The van der Waals surface area contributed by atoms with Crippen molar-refractivity contribution in [1.82, 2.24) is 9.66 Å². The van der Waals surface area contributed by atoms with Crippen LogP contribution in [0, 0.1) is 17.0 Å². The van der Waals surface area contributed by atoms with Crippen molar-refractivity contribution in [2.24, 2.45) is 5.10 Å². The predicted octanol–water partition coefficient (Wildman–Crippen LogP) is 6.12. The molecule has 1 aromatic heterocycles. The van der Waals surface area contributed by atoms with Gasteiger partial charge >= 0.3 is 5.69 Å². The van der Waals surface area contributed by atoms with Crippen LogP contribution in [0.5, 0.6) is 5.75 Å². The molecule has 0 bridgehead atoms. The third-order valence-electron chi connectivity index (χ3n) is 6.77. The molecule has 37 heavy (non-hydrogen) atoms. The number of nitrogens with zero attached hydrogens (tertiary/aromatic N) is 4. The summed E-state index contributed by atoms with van der Waals surface area (Å²) in [5.74, 6) is 0.970. The Labute approximate surface area is 214 Å². The van der Waals surface area contributed by atoms with Crippen LogP contribution in [0.25, 0.3) is 10.9 Å². The lowest BCUT2D eigenvalue weighted by Gasteiger charge is -2.22. The molecule has 0 amide bonds. The number of fused-ring (bicyclic) bond motifs is 1. The van der Waals surface area contributed by atoms with Gasteiger partial charge in [-0.3, -0.25) is 14.9 Å². The quantitative estimate of drug-likeness (QED) is 0.174. The van der Waals surface area contributed by atoms with E-state index in [4.69, 9.17) is 9.72 Å². The molecule has 0 N–H and O–H groups in total. The van der Waals surface area contributed by atoms with E-state index in [9.17, 15) is 14.9 Å². The number of benzene rings is 3. The summed E-state index contributed by atoms with van der Waals surface area (Å²) < 4.78 is 7.12. The fraction of sp³-hybridized carbons (Fsp3) is 0.276. The number of nitro benzene ring substituents is 1. The van der Waals surface area contributed by atoms with Gasteiger partial charge in [-0.2, -0.15) is 9.78 Å². The van der Waals surface area contributed by atoms with Crippen molar-refractivity contribution in [2.75, 3.05) is 0 Å². The molecule has 0 aliphatic heterocycles. The van der Waals surface area contributed by atoms with E-state index in [1.165, 1.54) is 23.4 Å². The maximum atomic E-state index is 13.4. The highest BCUT2D eigenvalue weighted by Crippen LogP contribution is 2.32. The number of ether oxygens (including phenoxy) is 1. The Morgan fingerprint density at radius 3 is 2.59 bits per heavy atom. The summed E-state index contributed by atoms with van der Waals surface area (Å²) in [6, 6.07) is 19.7. The fourth-order valence-electron chi connectivity index (χ4n) is 4.73. The Balaban J connectivity index is 1.47. The van der Waals surface area contributed by atoms with E-state index in [2.05, 4.69) is 5.10 Å². The lowest BCUT2D eigenvalue weighted by Crippen LogP contribution is -2.25. The summed E-state index contributed by atoms with van der Waals surface area (Å²) in [6.07, 6.45) is 6.75. The zero-order chi connectivity index (χ0) is 25.8. The van der Waals surface area contributed by atoms with Crippen LogP contribution in [-0.4, -0.2) is 20.8 Å². The van der Waals surface area contributed by atoms with E-state index in [-0.39, 0.29) is 29.5 Å². The lowest BCUT2D eigenvalue weighted by atomic mass is 9.88. The maximum Gasteiger partial charge on any atom is 0.311 e. The van der Waals surface area contributed by atoms with Crippen LogP contribution in [0.15, 0.2) is 76.6 Å². The normalized spacial score (nSPS) is 14.3. The zero-order valence-corrected chi connectivity index (χ0v) is 20.7. The molecular weight excluding hydrogens is 468 g/mol. The second-order valence-corrected chi connectivity index (χ2v) is 9.44. The second kappa shape index (κ2) is 10.7. The first kappa shape index (κ1) is 24.4. The Morgan fingerprint density at radius 2 is 1.84 bits per heavy atom. The van der Waals surface area contributed by atoms with Crippen molar-refractivity contribution < 1.29 is 9.66 Å². The van der Waals surface area contributed by atoms with Crippen LogP contribution >= 0.6 is 0 Å². The molecule has 1 heterocycles. The highest BCUT2D eigenvalue weighted by molar-refractivity contribution is 5.82. The molecule has 4 aromatic rings. The molecule has 8 nitrogen and oxygen atoms in total. The summed E-state index contributed by atoms with van der Waals surface area (Å²) in [6.45, 7) is 2.22. The molecule has 0 unspecified atom stereocenters. The van der Waals surface area contributed by atoms with Crippen molar-refractivity contribution >= 4 is 22.8 Å². The van der Waals surface area contributed by atoms with Gasteiger partial charge in [0.05, 0.1) is 22.0 Å². The van der Waals surface area contributed by atoms with Gasteiger partial charge in [0.25, 0.3) is 5.56 Å². The van der Waals surface area contributed by atoms with Gasteiger partial charge in [0.2, 0.25) is 0 Å². The third kappa shape index (κ3) is 5.43. The Kier molecular flexibility index (Phi) is 7.07. The molecule has 0 spiro atoms. The highest BCUT2D eigenvalue weighted by atomic mass is 16.6. The summed E-state index contributed by atoms with van der Waals surface area (Å²) in [7, 11) is 0. The molecule has 8 heteroatoms. The number of aryl methyl sites for hydroxylation is 1. The van der Waals surface area contributed by atoms with Crippen LogP contribution in [0.1, 0.15) is 60.5 Å². The minimum Gasteiger partial charge on any atom is -0.482 e. The van der Waals surface area contributed by atoms with Gasteiger partial charge in [-0.05, 0) is 49.6 Å². The number of nitro groups is 1. The number of rotatable bonds is 7. The molecule has 3 aromatic carbocycles. The predicted molar refractivity (Wildman–Crippen MR) is 143 cm³/mol. The average Bonchev–Trinajstić information content (AvgIpc) is 2.93. The molecule has 0 atom stereocenters. The van der Waals surface area contributed by atoms with Gasteiger partial charge in [0, 0.05) is 17.5 Å². The molecule has 0 saturated heterocycles. The number of para-hydroxylation sites is 1. The first-order chi connectivity index (χ1) is 18.0. The first-order valence-electron chi connectivity index (χ1n) is 12.5. The largest absolute Gasteiger partial charge is 0.482 e. The summed E-state index contributed by atoms with van der Waals surface area (Å²) in [5, 5.41) is 16.8. The Bertz CT molecular complexity index is 1520. The van der Waals surface area contributed by atoms with Crippen LogP contribution in [0.2, 0.25) is 0 Å². The van der Waals surface area contributed by atoms with E-state index in [0.717, 1.165) is 36.8 Å². The van der Waals surface area contributed by atoms with Gasteiger partial charge in [-0.1, -0.05) is 61.2 Å². The number of aromatic nitrogens is 2. The SMILES string of the molecule is Cc1ccc(COc2ccc(C=Nn3c(C4CCCCC4)nc4ccccc4c3=O)cc2[N+](=O)[O-])cc1. The minimum atomic E-state index is -0.473. The van der Waals surface area contributed by atoms with Crippen LogP contribution in [0.4, 0.5) is 5.69 Å². The Hall–Kier alpha value is -4.33.